The second kappa shape index (κ2) is 16.3. The molecule has 1 amide bonds. The first-order valence-corrected chi connectivity index (χ1v) is 25.5. The van der Waals surface area contributed by atoms with Crippen molar-refractivity contribution >= 4 is 47.3 Å². The minimum atomic E-state index is -2.29. The maximum absolute atomic E-state index is 18.2. The molecule has 4 aromatic rings. The molecule has 0 saturated carbocycles. The molecule has 2 bridgehead atoms. The average Bonchev–Trinajstić information content (AvgIpc) is 3.82. The van der Waals surface area contributed by atoms with E-state index in [0.717, 1.165) is 49.9 Å². The number of fused-ring (bicyclic) bond motifs is 7. The number of ether oxygens (including phenoxy) is 3. The molecule has 11 nitrogen and oxygen atoms in total. The Balaban J connectivity index is 1.28. The second-order valence-electron chi connectivity index (χ2n) is 21.2. The first kappa shape index (κ1) is 45.1. The summed E-state index contributed by atoms with van der Waals surface area (Å²) in [7, 11) is -2.29. The van der Waals surface area contributed by atoms with E-state index >= 15 is 8.78 Å². The molecule has 344 valence electrons. The van der Waals surface area contributed by atoms with E-state index in [2.05, 4.69) is 86.6 Å². The third kappa shape index (κ3) is 7.75. The van der Waals surface area contributed by atoms with Crippen LogP contribution in [0.15, 0.2) is 48.6 Å². The number of aromatic nitrogens is 3. The molecule has 65 heavy (non-hydrogen) atoms. The van der Waals surface area contributed by atoms with Gasteiger partial charge in [-0.25, -0.2) is 18.6 Å². The molecule has 2 aromatic carbocycles. The number of carbonyl (C=O) groups is 1. The van der Waals surface area contributed by atoms with Crippen LogP contribution in [0.5, 0.6) is 11.9 Å². The Morgan fingerprint density at radius 3 is 2.37 bits per heavy atom. The Morgan fingerprint density at radius 1 is 1.02 bits per heavy atom. The van der Waals surface area contributed by atoms with Crippen LogP contribution in [0.25, 0.3) is 32.9 Å². The van der Waals surface area contributed by atoms with Crippen molar-refractivity contribution in [1.29, 1.82) is 0 Å². The lowest BCUT2D eigenvalue weighted by Gasteiger charge is -2.42. The Kier molecular flexibility index (Phi) is 11.3. The van der Waals surface area contributed by atoms with Gasteiger partial charge in [0, 0.05) is 53.6 Å². The minimum absolute atomic E-state index is 0.0294. The molecule has 4 atom stereocenters. The molecule has 0 aliphatic carbocycles. The van der Waals surface area contributed by atoms with Crippen LogP contribution < -0.4 is 25.0 Å². The summed E-state index contributed by atoms with van der Waals surface area (Å²) in [5, 5.41) is 7.23. The zero-order valence-electron chi connectivity index (χ0n) is 39.5. The molecule has 0 spiro atoms. The fourth-order valence-corrected chi connectivity index (χ4v) is 17.3. The van der Waals surface area contributed by atoms with Gasteiger partial charge in [-0.2, -0.15) is 9.97 Å². The predicted octanol–water partition coefficient (Wildman–Crippen LogP) is 10.5. The number of carbonyl (C=O) groups excluding carboxylic acids is 1. The van der Waals surface area contributed by atoms with Gasteiger partial charge in [-0.3, -0.25) is 10.2 Å². The zero-order valence-corrected chi connectivity index (χ0v) is 40.5. The summed E-state index contributed by atoms with van der Waals surface area (Å²) in [4.78, 5) is 32.9. The highest BCUT2D eigenvalue weighted by Crippen LogP contribution is 2.48. The molecule has 2 aromatic heterocycles. The molecule has 14 heteroatoms. The van der Waals surface area contributed by atoms with Gasteiger partial charge in [0.2, 0.25) is 5.88 Å². The lowest BCUT2D eigenvalue weighted by atomic mass is 9.92. The lowest BCUT2D eigenvalue weighted by Crippen LogP contribution is -2.62. The Bertz CT molecular complexity index is 2660. The monoisotopic (exact) mass is 903 g/mol. The molecule has 5 aliphatic rings. The maximum atomic E-state index is 18.2. The van der Waals surface area contributed by atoms with Crippen molar-refractivity contribution in [3.63, 3.8) is 0 Å². The smallest absolute Gasteiger partial charge is 0.412 e. The third-order valence-corrected chi connectivity index (χ3v) is 20.9. The molecule has 0 radical (unpaired) electrons. The topological polar surface area (TPSA) is 114 Å². The lowest BCUT2D eigenvalue weighted by molar-refractivity contribution is 0.0635. The Hall–Kier alpha value is -5.10. The summed E-state index contributed by atoms with van der Waals surface area (Å²) in [6.45, 7) is 31.6. The number of hydrogen-bond acceptors (Lipinski definition) is 10. The van der Waals surface area contributed by atoms with E-state index < -0.39 is 37.5 Å². The number of anilines is 2. The number of piperazine rings is 1. The first-order chi connectivity index (χ1) is 30.7. The van der Waals surface area contributed by atoms with Crippen LogP contribution in [0.1, 0.15) is 100 Å². The Labute approximate surface area is 382 Å². The van der Waals surface area contributed by atoms with Crippen molar-refractivity contribution in [2.24, 2.45) is 0 Å². The van der Waals surface area contributed by atoms with E-state index in [-0.39, 0.29) is 70.0 Å². The summed E-state index contributed by atoms with van der Waals surface area (Å²) >= 11 is 0. The summed E-state index contributed by atoms with van der Waals surface area (Å²) in [5.41, 5.74) is 6.21. The van der Waals surface area contributed by atoms with Crippen molar-refractivity contribution in [2.45, 2.75) is 147 Å². The molecular weight excluding hydrogens is 841 g/mol. The van der Waals surface area contributed by atoms with Crippen molar-refractivity contribution in [1.82, 2.24) is 25.2 Å². The molecule has 9 rings (SSSR count). The van der Waals surface area contributed by atoms with E-state index in [1.807, 2.05) is 13.0 Å². The number of rotatable bonds is 8. The van der Waals surface area contributed by atoms with Gasteiger partial charge < -0.3 is 24.4 Å². The molecule has 4 fully saturated rings. The fourth-order valence-electron chi connectivity index (χ4n) is 12.0. The predicted molar refractivity (Wildman–Crippen MR) is 256 cm³/mol. The summed E-state index contributed by atoms with van der Waals surface area (Å²) in [5.74, 6) is 2.72. The van der Waals surface area contributed by atoms with Crippen molar-refractivity contribution in [2.75, 3.05) is 36.5 Å². The number of hydrogen-bond donors (Lipinski definition) is 2. The van der Waals surface area contributed by atoms with Crippen LogP contribution >= 0.6 is 0 Å². The summed E-state index contributed by atoms with van der Waals surface area (Å²) in [6.07, 6.45) is 2.22. The van der Waals surface area contributed by atoms with Crippen LogP contribution in [0.2, 0.25) is 16.6 Å². The van der Waals surface area contributed by atoms with Crippen LogP contribution in [0.4, 0.5) is 25.1 Å². The molecule has 2 N–H and O–H groups in total. The molecule has 5 aliphatic heterocycles. The normalized spacial score (nSPS) is 22.6. The number of benzene rings is 2. The second-order valence-corrected chi connectivity index (χ2v) is 26.7. The molecular formula is C51H63F2N7O4Si. The van der Waals surface area contributed by atoms with E-state index in [0.29, 0.717) is 45.3 Å². The fraction of sp³-hybridized carbons (Fsp3) is 0.529. The summed E-state index contributed by atoms with van der Waals surface area (Å²) < 4.78 is 54.2. The SMILES string of the molecule is C=C1CN2CC(=C)CC2(COc2nc3c4c(nc(-c5cc(NC(=O)OC(C)(C)C)c(F)c6cccc(C#C[Si](C(C)C)(C(C)C)C(C)C)c56)c(F)c4n2)O[C@@H](C)[C@@H]2[C@@H]4CC[C@H](CN32)N4)C1. The van der Waals surface area contributed by atoms with Gasteiger partial charge >= 0.3 is 12.1 Å². The van der Waals surface area contributed by atoms with Crippen molar-refractivity contribution < 1.29 is 27.8 Å². The minimum Gasteiger partial charge on any atom is -0.472 e. The van der Waals surface area contributed by atoms with Crippen molar-refractivity contribution in [3.05, 3.63) is 65.8 Å². The average molecular weight is 904 g/mol. The molecule has 4 saturated heterocycles. The van der Waals surface area contributed by atoms with Gasteiger partial charge in [0.25, 0.3) is 0 Å². The number of halogens is 2. The number of amides is 1. The van der Waals surface area contributed by atoms with Crippen LogP contribution in [0.3, 0.4) is 0 Å². The van der Waals surface area contributed by atoms with E-state index in [9.17, 15) is 4.79 Å². The van der Waals surface area contributed by atoms with E-state index in [1.54, 1.807) is 32.9 Å². The Morgan fingerprint density at radius 2 is 1.71 bits per heavy atom. The van der Waals surface area contributed by atoms with Crippen LogP contribution in [-0.4, -0.2) is 95.6 Å². The summed E-state index contributed by atoms with van der Waals surface area (Å²) in [6, 6.07) is 6.86. The number of pyridine rings is 1. The highest BCUT2D eigenvalue weighted by Gasteiger charge is 2.50. The quantitative estimate of drug-likeness (QED) is 0.101. The standard InChI is InChI=1S/C51H63F2N7O4Si/c1-27(2)65(28(3)4,29(5)6)19-18-33-14-13-15-35-39(33)36(20-38(41(35)52)55-49(61)64-50(10,11)12)43-42(53)44-40-46(60-25-34-16-17-37(54-34)45(60)32(9)63-47(40)56-43)58-48(57-44)62-26-51-21-30(7)23-59(51)24-31(8)22-51/h13-15,20,27-29,32,34,37,45,54H,7-8,16-17,21-26H2,1-6,9-12H3,(H,55,61)/t32-,34+,37-,45+/m0/s1. The highest BCUT2D eigenvalue weighted by atomic mass is 28.3. The van der Waals surface area contributed by atoms with Crippen LogP contribution in [0, 0.1) is 23.1 Å². The number of nitrogens with zero attached hydrogens (tertiary/aromatic N) is 5. The van der Waals surface area contributed by atoms with Crippen molar-refractivity contribution in [3.8, 4) is 34.6 Å². The zero-order chi connectivity index (χ0) is 46.5. The van der Waals surface area contributed by atoms with Gasteiger partial charge in [0.05, 0.1) is 17.3 Å². The molecule has 0 unspecified atom stereocenters. The van der Waals surface area contributed by atoms with Gasteiger partial charge in [0.1, 0.15) is 48.8 Å². The van der Waals surface area contributed by atoms with E-state index in [4.69, 9.17) is 29.2 Å². The van der Waals surface area contributed by atoms with Gasteiger partial charge in [-0.15, -0.1) is 5.54 Å². The van der Waals surface area contributed by atoms with E-state index in [1.165, 1.54) is 6.07 Å². The maximum Gasteiger partial charge on any atom is 0.412 e. The largest absolute Gasteiger partial charge is 0.472 e. The number of nitrogens with one attached hydrogen (secondary N) is 2. The third-order valence-electron chi connectivity index (χ3n) is 14.6. The first-order valence-electron chi connectivity index (χ1n) is 23.3. The molecule has 7 heterocycles. The van der Waals surface area contributed by atoms with Gasteiger partial charge in [-0.05, 0) is 82.1 Å². The highest BCUT2D eigenvalue weighted by molar-refractivity contribution is 6.90. The van der Waals surface area contributed by atoms with Gasteiger partial charge in [-0.1, -0.05) is 83.9 Å². The van der Waals surface area contributed by atoms with Crippen LogP contribution in [-0.2, 0) is 4.74 Å². The van der Waals surface area contributed by atoms with Gasteiger partial charge in [0.15, 0.2) is 11.6 Å².